The van der Waals surface area contributed by atoms with Crippen LogP contribution in [0.4, 0.5) is 10.1 Å². The van der Waals surface area contributed by atoms with E-state index in [-0.39, 0.29) is 11.9 Å². The van der Waals surface area contributed by atoms with Gasteiger partial charge in [-0.05, 0) is 49.2 Å². The first kappa shape index (κ1) is 18.3. The molecule has 1 aromatic carbocycles. The van der Waals surface area contributed by atoms with E-state index >= 15 is 0 Å². The van der Waals surface area contributed by atoms with Crippen molar-refractivity contribution in [1.82, 2.24) is 20.7 Å². The first-order valence-corrected chi connectivity index (χ1v) is 9.82. The van der Waals surface area contributed by atoms with Gasteiger partial charge in [-0.2, -0.15) is 0 Å². The highest BCUT2D eigenvalue weighted by molar-refractivity contribution is 5.51. The molecule has 0 spiro atoms. The lowest BCUT2D eigenvalue weighted by Gasteiger charge is -2.27. The van der Waals surface area contributed by atoms with Gasteiger partial charge in [0, 0.05) is 56.7 Å². The minimum absolute atomic E-state index is 0.180. The third-order valence-corrected chi connectivity index (χ3v) is 5.73. The van der Waals surface area contributed by atoms with Gasteiger partial charge < -0.3 is 9.80 Å². The second-order valence-electron chi connectivity index (χ2n) is 7.62. The van der Waals surface area contributed by atoms with Crippen molar-refractivity contribution in [3.63, 3.8) is 0 Å². The number of aryl methyl sites for hydroxylation is 1. The number of nitrogens with one attached hydrogen (secondary N) is 2. The molecule has 0 radical (unpaired) electrons. The number of benzene rings is 1. The zero-order valence-corrected chi connectivity index (χ0v) is 15.9. The van der Waals surface area contributed by atoms with Gasteiger partial charge in [0.15, 0.2) is 0 Å². The molecule has 0 saturated carbocycles. The summed E-state index contributed by atoms with van der Waals surface area (Å²) in [6.45, 7) is 8.43. The van der Waals surface area contributed by atoms with E-state index in [4.69, 9.17) is 0 Å². The summed E-state index contributed by atoms with van der Waals surface area (Å²) >= 11 is 0. The highest BCUT2D eigenvalue weighted by Gasteiger charge is 2.30. The molecule has 4 rings (SSSR count). The van der Waals surface area contributed by atoms with Crippen molar-refractivity contribution >= 4 is 5.69 Å². The van der Waals surface area contributed by atoms with Gasteiger partial charge in [0.2, 0.25) is 0 Å². The monoisotopic (exact) mass is 369 g/mol. The fourth-order valence-electron chi connectivity index (χ4n) is 4.28. The molecular weight excluding hydrogens is 341 g/mol. The highest BCUT2D eigenvalue weighted by Crippen LogP contribution is 2.27. The Morgan fingerprint density at radius 2 is 1.96 bits per heavy atom. The molecule has 2 fully saturated rings. The van der Waals surface area contributed by atoms with Gasteiger partial charge in [-0.15, -0.1) is 0 Å². The number of aromatic nitrogens is 1. The predicted octanol–water partition coefficient (Wildman–Crippen LogP) is 2.51. The van der Waals surface area contributed by atoms with E-state index in [1.165, 1.54) is 11.3 Å². The summed E-state index contributed by atoms with van der Waals surface area (Å²) in [5.41, 5.74) is 10.4. The molecule has 2 aliphatic rings. The van der Waals surface area contributed by atoms with E-state index in [9.17, 15) is 4.39 Å². The molecule has 2 unspecified atom stereocenters. The topological polar surface area (TPSA) is 43.4 Å². The Hall–Kier alpha value is -2.02. The molecule has 1 aromatic heterocycles. The first-order valence-electron chi connectivity index (χ1n) is 9.82. The van der Waals surface area contributed by atoms with E-state index in [1.807, 2.05) is 24.5 Å². The number of nitrogens with zero attached hydrogens (tertiary/aromatic N) is 3. The fraction of sp³-hybridized carbons (Fsp3) is 0.476. The molecule has 0 aliphatic carbocycles. The number of pyridine rings is 1. The summed E-state index contributed by atoms with van der Waals surface area (Å²) in [6.07, 6.45) is 4.99. The third-order valence-electron chi connectivity index (χ3n) is 5.73. The van der Waals surface area contributed by atoms with Crippen LogP contribution in [0, 0.1) is 18.7 Å². The van der Waals surface area contributed by atoms with Crippen molar-refractivity contribution in [2.75, 3.05) is 44.2 Å². The Balaban J connectivity index is 1.38. The van der Waals surface area contributed by atoms with Crippen LogP contribution in [-0.4, -0.2) is 49.2 Å². The number of anilines is 1. The number of halogens is 1. The van der Waals surface area contributed by atoms with Crippen molar-refractivity contribution in [2.45, 2.75) is 19.4 Å². The molecule has 3 heterocycles. The average Bonchev–Trinajstić information content (AvgIpc) is 3.01. The second-order valence-corrected chi connectivity index (χ2v) is 7.62. The molecule has 2 saturated heterocycles. The van der Waals surface area contributed by atoms with Crippen LogP contribution in [-0.2, 0) is 0 Å². The van der Waals surface area contributed by atoms with Crippen LogP contribution in [0.25, 0.3) is 0 Å². The lowest BCUT2D eigenvalue weighted by molar-refractivity contribution is 0.239. The summed E-state index contributed by atoms with van der Waals surface area (Å²) in [7, 11) is 0. The van der Waals surface area contributed by atoms with Crippen molar-refractivity contribution < 1.29 is 4.39 Å². The lowest BCUT2D eigenvalue weighted by Crippen LogP contribution is -2.36. The normalized spacial score (nSPS) is 24.1. The van der Waals surface area contributed by atoms with E-state index in [0.29, 0.717) is 5.92 Å². The van der Waals surface area contributed by atoms with E-state index < -0.39 is 0 Å². The van der Waals surface area contributed by atoms with Crippen LogP contribution >= 0.6 is 0 Å². The zero-order chi connectivity index (χ0) is 18.6. The predicted molar refractivity (Wildman–Crippen MR) is 106 cm³/mol. The number of hydrazine groups is 1. The number of hydrogen-bond donors (Lipinski definition) is 2. The van der Waals surface area contributed by atoms with Gasteiger partial charge in [0.05, 0.1) is 6.04 Å². The molecule has 27 heavy (non-hydrogen) atoms. The van der Waals surface area contributed by atoms with E-state index in [1.54, 1.807) is 12.1 Å². The summed E-state index contributed by atoms with van der Waals surface area (Å²) in [4.78, 5) is 9.28. The maximum absolute atomic E-state index is 13.2. The average molecular weight is 369 g/mol. The molecule has 2 aliphatic heterocycles. The van der Waals surface area contributed by atoms with Gasteiger partial charge in [-0.25, -0.2) is 9.82 Å². The van der Waals surface area contributed by atoms with Gasteiger partial charge in [-0.3, -0.25) is 10.4 Å². The van der Waals surface area contributed by atoms with Crippen LogP contribution in [0.1, 0.15) is 23.6 Å². The van der Waals surface area contributed by atoms with Crippen molar-refractivity contribution in [1.29, 1.82) is 0 Å². The molecule has 5 nitrogen and oxygen atoms in total. The van der Waals surface area contributed by atoms with Crippen molar-refractivity contribution in [2.24, 2.45) is 5.92 Å². The van der Waals surface area contributed by atoms with Crippen LogP contribution < -0.4 is 15.8 Å². The summed E-state index contributed by atoms with van der Waals surface area (Å²) in [6, 6.07) is 9.24. The molecule has 2 N–H and O–H groups in total. The van der Waals surface area contributed by atoms with Crippen LogP contribution in [0.2, 0.25) is 0 Å². The molecule has 0 bridgehead atoms. The van der Waals surface area contributed by atoms with Crippen molar-refractivity contribution in [3.8, 4) is 0 Å². The molecule has 6 heteroatoms. The Morgan fingerprint density at radius 3 is 2.78 bits per heavy atom. The Kier molecular flexibility index (Phi) is 5.66. The summed E-state index contributed by atoms with van der Waals surface area (Å²) < 4.78 is 13.2. The molecule has 2 atom stereocenters. The largest absolute Gasteiger partial charge is 0.370 e. The quantitative estimate of drug-likeness (QED) is 0.867. The summed E-state index contributed by atoms with van der Waals surface area (Å²) in [5.74, 6) is 0.296. The minimum Gasteiger partial charge on any atom is -0.370 e. The fourth-order valence-corrected chi connectivity index (χ4v) is 4.28. The standard InChI is InChI=1S/C21H28FN5/c1-16-13-23-8-7-20(16)27-10-2-9-26(11-12-27)15-18-14-24-25-21(18)17-3-5-19(22)6-4-17/h3-8,13,18,21,24-25H,2,9-12,14-15H2,1H3. The Bertz CT molecular complexity index is 750. The second kappa shape index (κ2) is 8.33. The number of hydrogen-bond acceptors (Lipinski definition) is 5. The van der Waals surface area contributed by atoms with Gasteiger partial charge in [0.25, 0.3) is 0 Å². The highest BCUT2D eigenvalue weighted by atomic mass is 19.1. The zero-order valence-electron chi connectivity index (χ0n) is 15.9. The maximum Gasteiger partial charge on any atom is 0.123 e. The molecule has 2 aromatic rings. The van der Waals surface area contributed by atoms with Gasteiger partial charge >= 0.3 is 0 Å². The maximum atomic E-state index is 13.2. The molecular formula is C21H28FN5. The van der Waals surface area contributed by atoms with Crippen LogP contribution in [0.15, 0.2) is 42.7 Å². The first-order chi connectivity index (χ1) is 13.2. The number of rotatable bonds is 4. The van der Waals surface area contributed by atoms with Gasteiger partial charge in [0.1, 0.15) is 5.82 Å². The van der Waals surface area contributed by atoms with Crippen LogP contribution in [0.5, 0.6) is 0 Å². The Labute approximate surface area is 160 Å². The SMILES string of the molecule is Cc1cnccc1N1CCCN(CC2CNNC2c2ccc(F)cc2)CC1. The van der Waals surface area contributed by atoms with Crippen molar-refractivity contribution in [3.05, 3.63) is 59.7 Å². The summed E-state index contributed by atoms with van der Waals surface area (Å²) in [5, 5.41) is 0. The lowest BCUT2D eigenvalue weighted by atomic mass is 9.94. The molecule has 144 valence electrons. The van der Waals surface area contributed by atoms with E-state index in [2.05, 4.69) is 38.6 Å². The van der Waals surface area contributed by atoms with Crippen LogP contribution in [0.3, 0.4) is 0 Å². The smallest absolute Gasteiger partial charge is 0.123 e. The Morgan fingerprint density at radius 1 is 1.11 bits per heavy atom. The van der Waals surface area contributed by atoms with E-state index in [0.717, 1.165) is 51.3 Å². The molecule has 0 amide bonds. The van der Waals surface area contributed by atoms with Gasteiger partial charge in [-0.1, -0.05) is 12.1 Å². The third kappa shape index (κ3) is 4.29. The minimum atomic E-state index is -0.180.